The average molecular weight is 218 g/mol. The molecule has 0 aromatic heterocycles. The highest BCUT2D eigenvalue weighted by molar-refractivity contribution is 5.31. The van der Waals surface area contributed by atoms with E-state index in [0.717, 1.165) is 18.4 Å². The average Bonchev–Trinajstić information content (AvgIpc) is 2.23. The quantitative estimate of drug-likeness (QED) is 0.749. The van der Waals surface area contributed by atoms with Crippen molar-refractivity contribution in [2.75, 3.05) is 0 Å². The molecule has 0 aliphatic heterocycles. The molecule has 0 bridgehead atoms. The summed E-state index contributed by atoms with van der Waals surface area (Å²) >= 11 is 0. The minimum Gasteiger partial charge on any atom is -0.392 e. The summed E-state index contributed by atoms with van der Waals surface area (Å²) in [7, 11) is 0. The van der Waals surface area contributed by atoms with Gasteiger partial charge in [0.25, 0.3) is 0 Å². The van der Waals surface area contributed by atoms with Crippen LogP contribution in [-0.2, 0) is 6.42 Å². The molecule has 1 aromatic carbocycles. The van der Waals surface area contributed by atoms with Gasteiger partial charge < -0.3 is 5.11 Å². The van der Waals surface area contributed by atoms with Crippen molar-refractivity contribution < 1.29 is 5.11 Å². The van der Waals surface area contributed by atoms with Crippen LogP contribution >= 0.6 is 0 Å². The van der Waals surface area contributed by atoms with Gasteiger partial charge in [0.1, 0.15) is 0 Å². The number of aliphatic hydroxyl groups excluding tert-OH is 1. The third-order valence-corrected chi connectivity index (χ3v) is 2.98. The Morgan fingerprint density at radius 1 is 1.38 bits per heavy atom. The summed E-state index contributed by atoms with van der Waals surface area (Å²) < 4.78 is 0. The lowest BCUT2D eigenvalue weighted by Crippen LogP contribution is -2.12. The van der Waals surface area contributed by atoms with Gasteiger partial charge in [0.15, 0.2) is 0 Å². The Balaban J connectivity index is 2.65. The van der Waals surface area contributed by atoms with Gasteiger partial charge in [-0.05, 0) is 44.2 Å². The molecule has 1 aromatic rings. The van der Waals surface area contributed by atoms with Gasteiger partial charge in [-0.2, -0.15) is 0 Å². The van der Waals surface area contributed by atoms with Gasteiger partial charge in [0, 0.05) is 0 Å². The summed E-state index contributed by atoms with van der Waals surface area (Å²) in [5, 5.41) is 9.96. The highest BCUT2D eigenvalue weighted by Crippen LogP contribution is 2.16. The van der Waals surface area contributed by atoms with E-state index < -0.39 is 0 Å². The van der Waals surface area contributed by atoms with Crippen LogP contribution in [0.5, 0.6) is 0 Å². The van der Waals surface area contributed by atoms with Crippen LogP contribution in [0.4, 0.5) is 0 Å². The van der Waals surface area contributed by atoms with Crippen molar-refractivity contribution in [3.05, 3.63) is 47.0 Å². The van der Waals surface area contributed by atoms with Gasteiger partial charge in [0.05, 0.1) is 6.10 Å². The SMILES string of the molecule is C=C(CC)CC(O)Cc1cc(C)ccc1C. The van der Waals surface area contributed by atoms with Crippen molar-refractivity contribution in [1.82, 2.24) is 0 Å². The Labute approximate surface area is 98.8 Å². The zero-order valence-corrected chi connectivity index (χ0v) is 10.6. The van der Waals surface area contributed by atoms with Gasteiger partial charge in [-0.1, -0.05) is 42.8 Å². The highest BCUT2D eigenvalue weighted by atomic mass is 16.3. The standard InChI is InChI=1S/C15H22O/c1-5-11(2)9-15(16)10-14-8-12(3)6-7-13(14)4/h6-8,15-16H,2,5,9-10H2,1,3-4H3. The summed E-state index contributed by atoms with van der Waals surface area (Å²) in [4.78, 5) is 0. The number of benzene rings is 1. The Bertz CT molecular complexity index is 366. The monoisotopic (exact) mass is 218 g/mol. The Hall–Kier alpha value is -1.08. The molecule has 0 aliphatic rings. The van der Waals surface area contributed by atoms with Crippen LogP contribution in [0, 0.1) is 13.8 Å². The second kappa shape index (κ2) is 5.86. The fourth-order valence-corrected chi connectivity index (χ4v) is 1.82. The van der Waals surface area contributed by atoms with Gasteiger partial charge in [-0.3, -0.25) is 0 Å². The number of aryl methyl sites for hydroxylation is 2. The van der Waals surface area contributed by atoms with Crippen molar-refractivity contribution >= 4 is 0 Å². The van der Waals surface area contributed by atoms with Crippen molar-refractivity contribution in [3.63, 3.8) is 0 Å². The van der Waals surface area contributed by atoms with Crippen LogP contribution in [0.25, 0.3) is 0 Å². The number of hydrogen-bond acceptors (Lipinski definition) is 1. The number of hydrogen-bond donors (Lipinski definition) is 1. The molecular formula is C15H22O. The van der Waals surface area contributed by atoms with Crippen LogP contribution in [0.1, 0.15) is 36.5 Å². The third-order valence-electron chi connectivity index (χ3n) is 2.98. The van der Waals surface area contributed by atoms with E-state index >= 15 is 0 Å². The van der Waals surface area contributed by atoms with E-state index in [1.807, 2.05) is 0 Å². The van der Waals surface area contributed by atoms with E-state index in [9.17, 15) is 5.11 Å². The van der Waals surface area contributed by atoms with Crippen molar-refractivity contribution in [3.8, 4) is 0 Å². The maximum absolute atomic E-state index is 9.96. The first-order chi connectivity index (χ1) is 7.52. The van der Waals surface area contributed by atoms with Crippen LogP contribution in [-0.4, -0.2) is 11.2 Å². The minimum atomic E-state index is -0.298. The van der Waals surface area contributed by atoms with Crippen LogP contribution in [0.15, 0.2) is 30.4 Å². The minimum absolute atomic E-state index is 0.298. The maximum atomic E-state index is 9.96. The number of aliphatic hydroxyl groups is 1. The van der Waals surface area contributed by atoms with Gasteiger partial charge in [-0.25, -0.2) is 0 Å². The third kappa shape index (κ3) is 3.82. The van der Waals surface area contributed by atoms with E-state index in [0.29, 0.717) is 6.42 Å². The van der Waals surface area contributed by atoms with E-state index in [1.165, 1.54) is 16.7 Å². The predicted octanol–water partition coefficient (Wildman–Crippen LogP) is 3.56. The molecule has 1 rings (SSSR count). The lowest BCUT2D eigenvalue weighted by molar-refractivity contribution is 0.174. The molecule has 0 fully saturated rings. The fraction of sp³-hybridized carbons (Fsp3) is 0.467. The molecule has 0 amide bonds. The molecule has 0 saturated heterocycles. The molecule has 1 heteroatoms. The smallest absolute Gasteiger partial charge is 0.0617 e. The molecule has 88 valence electrons. The van der Waals surface area contributed by atoms with Crippen molar-refractivity contribution in [2.45, 2.75) is 46.1 Å². The van der Waals surface area contributed by atoms with Crippen LogP contribution in [0.3, 0.4) is 0 Å². The van der Waals surface area contributed by atoms with Crippen molar-refractivity contribution in [1.29, 1.82) is 0 Å². The van der Waals surface area contributed by atoms with Gasteiger partial charge in [-0.15, -0.1) is 0 Å². The zero-order valence-electron chi connectivity index (χ0n) is 10.6. The second-order valence-corrected chi connectivity index (χ2v) is 4.60. The van der Waals surface area contributed by atoms with E-state index in [-0.39, 0.29) is 6.10 Å². The predicted molar refractivity (Wildman–Crippen MR) is 69.7 cm³/mol. The highest BCUT2D eigenvalue weighted by Gasteiger charge is 2.08. The molecule has 0 aliphatic carbocycles. The Kier molecular flexibility index (Phi) is 4.75. The maximum Gasteiger partial charge on any atom is 0.0617 e. The molecule has 1 unspecified atom stereocenters. The number of rotatable bonds is 5. The van der Waals surface area contributed by atoms with Crippen molar-refractivity contribution in [2.24, 2.45) is 0 Å². The molecule has 1 nitrogen and oxygen atoms in total. The lowest BCUT2D eigenvalue weighted by Gasteiger charge is -2.14. The Morgan fingerprint density at radius 2 is 2.06 bits per heavy atom. The molecule has 0 saturated carbocycles. The normalized spacial score (nSPS) is 12.5. The molecule has 0 radical (unpaired) electrons. The summed E-state index contributed by atoms with van der Waals surface area (Å²) in [5.41, 5.74) is 4.88. The molecule has 1 atom stereocenters. The molecule has 1 N–H and O–H groups in total. The summed E-state index contributed by atoms with van der Waals surface area (Å²) in [6, 6.07) is 6.38. The van der Waals surface area contributed by atoms with Gasteiger partial charge >= 0.3 is 0 Å². The van der Waals surface area contributed by atoms with E-state index in [4.69, 9.17) is 0 Å². The van der Waals surface area contributed by atoms with Crippen LogP contribution < -0.4 is 0 Å². The second-order valence-electron chi connectivity index (χ2n) is 4.60. The Morgan fingerprint density at radius 3 is 2.69 bits per heavy atom. The zero-order chi connectivity index (χ0) is 12.1. The van der Waals surface area contributed by atoms with E-state index in [2.05, 4.69) is 45.5 Å². The molecule has 16 heavy (non-hydrogen) atoms. The first-order valence-electron chi connectivity index (χ1n) is 5.93. The molecular weight excluding hydrogens is 196 g/mol. The van der Waals surface area contributed by atoms with E-state index in [1.54, 1.807) is 0 Å². The first-order valence-corrected chi connectivity index (χ1v) is 5.93. The first kappa shape index (κ1) is 13.0. The summed E-state index contributed by atoms with van der Waals surface area (Å²) in [5.74, 6) is 0. The van der Waals surface area contributed by atoms with Gasteiger partial charge in [0.2, 0.25) is 0 Å². The fourth-order valence-electron chi connectivity index (χ4n) is 1.82. The summed E-state index contributed by atoms with van der Waals surface area (Å²) in [6.45, 7) is 10.2. The molecule has 0 spiro atoms. The topological polar surface area (TPSA) is 20.2 Å². The molecule has 0 heterocycles. The lowest BCUT2D eigenvalue weighted by atomic mass is 9.97. The van der Waals surface area contributed by atoms with Crippen LogP contribution in [0.2, 0.25) is 0 Å². The largest absolute Gasteiger partial charge is 0.392 e. The summed E-state index contributed by atoms with van der Waals surface area (Å²) in [6.07, 6.45) is 2.09.